The van der Waals surface area contributed by atoms with Crippen molar-refractivity contribution in [1.29, 1.82) is 0 Å². The van der Waals surface area contributed by atoms with Gasteiger partial charge in [-0.2, -0.15) is 0 Å². The van der Waals surface area contributed by atoms with Crippen LogP contribution in [0.15, 0.2) is 58.9 Å². The van der Waals surface area contributed by atoms with Crippen molar-refractivity contribution in [2.75, 3.05) is 16.6 Å². The average Bonchev–Trinajstić information content (AvgIpc) is 3.20. The fourth-order valence-corrected chi connectivity index (χ4v) is 4.28. The minimum absolute atomic E-state index is 0.0134. The Morgan fingerprint density at radius 3 is 2.63 bits per heavy atom. The van der Waals surface area contributed by atoms with E-state index in [-0.39, 0.29) is 34.0 Å². The molecule has 0 aliphatic carbocycles. The highest BCUT2D eigenvalue weighted by atomic mass is 35.5. The molecule has 1 amide bonds. The molecule has 0 radical (unpaired) electrons. The predicted molar refractivity (Wildman–Crippen MR) is 114 cm³/mol. The molecule has 0 spiro atoms. The summed E-state index contributed by atoms with van der Waals surface area (Å²) in [6, 6.07) is 9.91. The first-order valence-corrected chi connectivity index (χ1v) is 11.5. The largest absolute Gasteiger partial charge is 0.493 e. The Kier molecular flexibility index (Phi) is 7.24. The number of rotatable bonds is 9. The van der Waals surface area contributed by atoms with Crippen LogP contribution in [0, 0.1) is 5.82 Å². The predicted octanol–water partition coefficient (Wildman–Crippen LogP) is 4.53. The lowest BCUT2D eigenvalue weighted by Gasteiger charge is -2.09. The van der Waals surface area contributed by atoms with Crippen molar-refractivity contribution in [3.05, 3.63) is 64.9 Å². The molecule has 0 saturated carbocycles. The Morgan fingerprint density at radius 2 is 1.97 bits per heavy atom. The number of aromatic nitrogens is 1. The summed E-state index contributed by atoms with van der Waals surface area (Å²) in [6.07, 6.45) is 2.10. The zero-order valence-corrected chi connectivity index (χ0v) is 17.9. The van der Waals surface area contributed by atoms with E-state index in [0.29, 0.717) is 17.9 Å². The first-order chi connectivity index (χ1) is 14.3. The first-order valence-electron chi connectivity index (χ1n) is 8.73. The quantitative estimate of drug-likeness (QED) is 0.448. The van der Waals surface area contributed by atoms with E-state index in [1.807, 2.05) is 0 Å². The van der Waals surface area contributed by atoms with Gasteiger partial charge in [0.2, 0.25) is 5.91 Å². The van der Waals surface area contributed by atoms with Crippen LogP contribution in [0.5, 0.6) is 5.75 Å². The van der Waals surface area contributed by atoms with Crippen molar-refractivity contribution >= 4 is 49.7 Å². The standard InChI is InChI=1S/C19H17ClFN3O4S2/c20-16-8-5-14(12-17(16)21)28-10-1-2-18(25)23-13-3-6-15(7-4-13)30(26,27)24-19-22-9-11-29-19/h3-9,11-12H,1-2,10H2,(H,22,24)(H,23,25). The van der Waals surface area contributed by atoms with Gasteiger partial charge >= 0.3 is 0 Å². The molecule has 2 N–H and O–H groups in total. The number of hydrogen-bond acceptors (Lipinski definition) is 6. The van der Waals surface area contributed by atoms with Crippen LogP contribution >= 0.6 is 22.9 Å². The number of ether oxygens (including phenoxy) is 1. The molecule has 1 aromatic heterocycles. The van der Waals surface area contributed by atoms with Crippen LogP contribution in [-0.4, -0.2) is 25.9 Å². The summed E-state index contributed by atoms with van der Waals surface area (Å²) < 4.78 is 45.7. The molecular weight excluding hydrogens is 453 g/mol. The van der Waals surface area contributed by atoms with E-state index in [1.54, 1.807) is 11.4 Å². The molecule has 0 bridgehead atoms. The Hall–Kier alpha value is -2.69. The van der Waals surface area contributed by atoms with Crippen molar-refractivity contribution < 1.29 is 22.3 Å². The van der Waals surface area contributed by atoms with Gasteiger partial charge in [0, 0.05) is 29.8 Å². The van der Waals surface area contributed by atoms with Crippen LogP contribution < -0.4 is 14.8 Å². The minimum Gasteiger partial charge on any atom is -0.493 e. The van der Waals surface area contributed by atoms with Crippen LogP contribution in [0.2, 0.25) is 5.02 Å². The third-order valence-corrected chi connectivity index (χ3v) is 6.29. The van der Waals surface area contributed by atoms with Crippen molar-refractivity contribution in [1.82, 2.24) is 4.98 Å². The third-order valence-electron chi connectivity index (χ3n) is 3.81. The van der Waals surface area contributed by atoms with E-state index in [2.05, 4.69) is 15.0 Å². The molecule has 3 aromatic rings. The SMILES string of the molecule is O=C(CCCOc1ccc(Cl)c(F)c1)Nc1ccc(S(=O)(=O)Nc2nccs2)cc1. The number of sulfonamides is 1. The molecule has 0 aliphatic heterocycles. The number of nitrogens with one attached hydrogen (secondary N) is 2. The molecule has 0 unspecified atom stereocenters. The van der Waals surface area contributed by atoms with E-state index in [0.717, 1.165) is 0 Å². The van der Waals surface area contributed by atoms with Crippen LogP contribution in [0.4, 0.5) is 15.2 Å². The number of hydrogen-bond donors (Lipinski definition) is 2. The minimum atomic E-state index is -3.74. The van der Waals surface area contributed by atoms with Crippen molar-refractivity contribution in [2.24, 2.45) is 0 Å². The van der Waals surface area contributed by atoms with Crippen molar-refractivity contribution in [3.8, 4) is 5.75 Å². The van der Waals surface area contributed by atoms with Gasteiger partial charge in [0.25, 0.3) is 10.0 Å². The summed E-state index contributed by atoms with van der Waals surface area (Å²) in [7, 11) is -3.74. The first kappa shape index (κ1) is 22.0. The summed E-state index contributed by atoms with van der Waals surface area (Å²) >= 11 is 6.78. The lowest BCUT2D eigenvalue weighted by molar-refractivity contribution is -0.116. The Labute approximate surface area is 181 Å². The number of carbonyl (C=O) groups is 1. The lowest BCUT2D eigenvalue weighted by atomic mass is 10.2. The van der Waals surface area contributed by atoms with Crippen LogP contribution in [0.1, 0.15) is 12.8 Å². The molecular formula is C19H17ClFN3O4S2. The van der Waals surface area contributed by atoms with E-state index in [4.69, 9.17) is 16.3 Å². The Bertz CT molecular complexity index is 1110. The molecule has 30 heavy (non-hydrogen) atoms. The number of thiazole rings is 1. The summed E-state index contributed by atoms with van der Waals surface area (Å²) in [5.74, 6) is -0.489. The number of anilines is 2. The van der Waals surface area contributed by atoms with Gasteiger partial charge in [0.1, 0.15) is 11.6 Å². The van der Waals surface area contributed by atoms with Gasteiger partial charge < -0.3 is 10.1 Å². The summed E-state index contributed by atoms with van der Waals surface area (Å²) in [6.45, 7) is 0.230. The maximum absolute atomic E-state index is 13.3. The second-order valence-corrected chi connectivity index (χ2v) is 9.03. The number of halogens is 2. The lowest BCUT2D eigenvalue weighted by Crippen LogP contribution is -2.14. The van der Waals surface area contributed by atoms with Gasteiger partial charge in [-0.25, -0.2) is 17.8 Å². The van der Waals surface area contributed by atoms with E-state index in [9.17, 15) is 17.6 Å². The molecule has 11 heteroatoms. The topological polar surface area (TPSA) is 97.4 Å². The zero-order chi connectivity index (χ0) is 21.6. The van der Waals surface area contributed by atoms with Gasteiger partial charge in [0.05, 0.1) is 16.5 Å². The average molecular weight is 470 g/mol. The Morgan fingerprint density at radius 1 is 1.20 bits per heavy atom. The Balaban J connectivity index is 1.45. The fourth-order valence-electron chi connectivity index (χ4n) is 2.38. The van der Waals surface area contributed by atoms with E-state index in [1.165, 1.54) is 53.9 Å². The molecule has 0 atom stereocenters. The number of amides is 1. The number of benzene rings is 2. The maximum Gasteiger partial charge on any atom is 0.263 e. The van der Waals surface area contributed by atoms with Gasteiger partial charge in [-0.05, 0) is 42.8 Å². The van der Waals surface area contributed by atoms with Crippen LogP contribution in [-0.2, 0) is 14.8 Å². The third kappa shape index (κ3) is 6.15. The molecule has 0 fully saturated rings. The van der Waals surface area contributed by atoms with Crippen molar-refractivity contribution in [2.45, 2.75) is 17.7 Å². The van der Waals surface area contributed by atoms with Crippen LogP contribution in [0.3, 0.4) is 0 Å². The second-order valence-electron chi connectivity index (χ2n) is 6.04. The highest BCUT2D eigenvalue weighted by Gasteiger charge is 2.15. The maximum atomic E-state index is 13.3. The molecule has 0 aliphatic rings. The number of nitrogens with zero attached hydrogens (tertiary/aromatic N) is 1. The van der Waals surface area contributed by atoms with Gasteiger partial charge in [-0.1, -0.05) is 11.6 Å². The van der Waals surface area contributed by atoms with E-state index >= 15 is 0 Å². The highest BCUT2D eigenvalue weighted by molar-refractivity contribution is 7.93. The smallest absolute Gasteiger partial charge is 0.263 e. The monoisotopic (exact) mass is 469 g/mol. The van der Waals surface area contributed by atoms with Crippen molar-refractivity contribution in [3.63, 3.8) is 0 Å². The fraction of sp³-hybridized carbons (Fsp3) is 0.158. The molecule has 3 rings (SSSR count). The number of carbonyl (C=O) groups excluding carboxylic acids is 1. The summed E-state index contributed by atoms with van der Waals surface area (Å²) in [5, 5.41) is 4.63. The molecule has 2 aromatic carbocycles. The van der Waals surface area contributed by atoms with Gasteiger partial charge in [0.15, 0.2) is 5.13 Å². The van der Waals surface area contributed by atoms with Gasteiger partial charge in [-0.15, -0.1) is 11.3 Å². The van der Waals surface area contributed by atoms with Crippen LogP contribution in [0.25, 0.3) is 0 Å². The van der Waals surface area contributed by atoms with E-state index < -0.39 is 15.8 Å². The van der Waals surface area contributed by atoms with Gasteiger partial charge in [-0.3, -0.25) is 9.52 Å². The highest BCUT2D eigenvalue weighted by Crippen LogP contribution is 2.21. The summed E-state index contributed by atoms with van der Waals surface area (Å²) in [5.41, 5.74) is 0.467. The normalized spacial score (nSPS) is 11.1. The molecule has 7 nitrogen and oxygen atoms in total. The molecule has 0 saturated heterocycles. The summed E-state index contributed by atoms with van der Waals surface area (Å²) in [4.78, 5) is 16.0. The molecule has 1 heterocycles. The zero-order valence-electron chi connectivity index (χ0n) is 15.5. The second kappa shape index (κ2) is 9.88. The molecule has 158 valence electrons.